The van der Waals surface area contributed by atoms with Crippen LogP contribution in [0.25, 0.3) is 16.0 Å². The van der Waals surface area contributed by atoms with Crippen LogP contribution in [0.5, 0.6) is 0 Å². The minimum atomic E-state index is -0.111. The van der Waals surface area contributed by atoms with E-state index in [9.17, 15) is 4.79 Å². The number of fused-ring (bicyclic) bond motifs is 1. The molecule has 3 aromatic heterocycles. The third-order valence-corrected chi connectivity index (χ3v) is 6.20. The van der Waals surface area contributed by atoms with E-state index in [1.165, 1.54) is 16.9 Å². The first-order chi connectivity index (χ1) is 14.7. The van der Waals surface area contributed by atoms with Gasteiger partial charge in [0.1, 0.15) is 0 Å². The summed E-state index contributed by atoms with van der Waals surface area (Å²) in [5.74, 6) is 1.34. The number of aromatic nitrogens is 5. The molecule has 1 aromatic carbocycles. The molecular formula is C21H21N7OS. The second kappa shape index (κ2) is 7.83. The van der Waals surface area contributed by atoms with Crippen molar-refractivity contribution in [2.45, 2.75) is 19.8 Å². The molecule has 0 unspecified atom stereocenters. The Kier molecular flexibility index (Phi) is 4.88. The molecule has 1 N–H and O–H groups in total. The Bertz CT molecular complexity index is 1170. The van der Waals surface area contributed by atoms with Crippen molar-refractivity contribution in [3.63, 3.8) is 0 Å². The van der Waals surface area contributed by atoms with Gasteiger partial charge in [0.2, 0.25) is 5.91 Å². The van der Waals surface area contributed by atoms with Crippen LogP contribution < -0.4 is 10.2 Å². The zero-order valence-electron chi connectivity index (χ0n) is 16.5. The van der Waals surface area contributed by atoms with Crippen LogP contribution in [0.1, 0.15) is 18.4 Å². The molecule has 4 aromatic rings. The van der Waals surface area contributed by atoms with Crippen LogP contribution in [0.2, 0.25) is 0 Å². The van der Waals surface area contributed by atoms with E-state index in [0.717, 1.165) is 35.4 Å². The number of carbonyl (C=O) groups excluding carboxylic acids is 1. The number of aryl methyl sites for hydroxylation is 1. The van der Waals surface area contributed by atoms with Crippen molar-refractivity contribution in [3.8, 4) is 5.82 Å². The molecule has 9 heteroatoms. The van der Waals surface area contributed by atoms with Gasteiger partial charge in [-0.25, -0.2) is 9.67 Å². The second-order valence-electron chi connectivity index (χ2n) is 7.46. The van der Waals surface area contributed by atoms with E-state index in [0.29, 0.717) is 17.5 Å². The third kappa shape index (κ3) is 3.76. The first-order valence-corrected chi connectivity index (χ1v) is 10.7. The van der Waals surface area contributed by atoms with Crippen molar-refractivity contribution in [2.75, 3.05) is 23.3 Å². The van der Waals surface area contributed by atoms with Gasteiger partial charge in [0.05, 0.1) is 16.1 Å². The number of hydrogen-bond donors (Lipinski definition) is 1. The largest absolute Gasteiger partial charge is 0.354 e. The fourth-order valence-electron chi connectivity index (χ4n) is 3.71. The maximum atomic E-state index is 12.9. The molecule has 0 spiro atoms. The van der Waals surface area contributed by atoms with Crippen molar-refractivity contribution < 1.29 is 4.79 Å². The number of nitrogens with one attached hydrogen (secondary N) is 1. The summed E-state index contributed by atoms with van der Waals surface area (Å²) in [5.41, 5.74) is 2.10. The van der Waals surface area contributed by atoms with Crippen LogP contribution in [0.4, 0.5) is 10.9 Å². The van der Waals surface area contributed by atoms with Gasteiger partial charge >= 0.3 is 0 Å². The summed E-state index contributed by atoms with van der Waals surface area (Å²) in [6.45, 7) is 3.53. The molecule has 1 atom stereocenters. The van der Waals surface area contributed by atoms with E-state index in [1.807, 2.05) is 36.5 Å². The quantitative estimate of drug-likeness (QED) is 0.545. The molecule has 1 aliphatic rings. The molecule has 152 valence electrons. The molecule has 0 aliphatic carbocycles. The van der Waals surface area contributed by atoms with E-state index in [4.69, 9.17) is 0 Å². The van der Waals surface area contributed by atoms with Crippen LogP contribution in [0, 0.1) is 12.8 Å². The van der Waals surface area contributed by atoms with E-state index in [-0.39, 0.29) is 11.8 Å². The van der Waals surface area contributed by atoms with Crippen LogP contribution >= 0.6 is 11.3 Å². The number of benzene rings is 1. The molecule has 8 nitrogen and oxygen atoms in total. The number of carbonyl (C=O) groups is 1. The lowest BCUT2D eigenvalue weighted by Gasteiger charge is -2.32. The Labute approximate surface area is 177 Å². The average Bonchev–Trinajstić information content (AvgIpc) is 3.43. The second-order valence-corrected chi connectivity index (χ2v) is 8.50. The van der Waals surface area contributed by atoms with Crippen LogP contribution in [0.15, 0.2) is 48.8 Å². The lowest BCUT2D eigenvalue weighted by molar-refractivity contribution is -0.120. The number of hydrogen-bond acceptors (Lipinski definition) is 7. The van der Waals surface area contributed by atoms with Gasteiger partial charge in [-0.05, 0) is 55.7 Å². The summed E-state index contributed by atoms with van der Waals surface area (Å²) in [6, 6.07) is 11.8. The molecular weight excluding hydrogens is 398 g/mol. The molecule has 30 heavy (non-hydrogen) atoms. The molecule has 1 amide bonds. The Morgan fingerprint density at radius 2 is 2.07 bits per heavy atom. The highest BCUT2D eigenvalue weighted by atomic mass is 32.1. The Hall–Kier alpha value is -3.33. The number of piperidine rings is 1. The predicted octanol–water partition coefficient (Wildman–Crippen LogP) is 3.44. The van der Waals surface area contributed by atoms with Gasteiger partial charge in [0, 0.05) is 25.5 Å². The number of anilines is 2. The van der Waals surface area contributed by atoms with E-state index in [1.54, 1.807) is 10.9 Å². The number of nitrogens with zero attached hydrogens (tertiary/aromatic N) is 6. The van der Waals surface area contributed by atoms with Gasteiger partial charge in [-0.15, -0.1) is 10.2 Å². The van der Waals surface area contributed by atoms with Crippen molar-refractivity contribution in [1.82, 2.24) is 25.0 Å². The minimum Gasteiger partial charge on any atom is -0.354 e. The predicted molar refractivity (Wildman–Crippen MR) is 117 cm³/mol. The van der Waals surface area contributed by atoms with E-state index < -0.39 is 0 Å². The van der Waals surface area contributed by atoms with Crippen molar-refractivity contribution in [2.24, 2.45) is 5.92 Å². The summed E-state index contributed by atoms with van der Waals surface area (Å²) in [6.07, 6.45) is 5.31. The lowest BCUT2D eigenvalue weighted by atomic mass is 9.97. The standard InChI is InChI=1S/C21H21N7OS/c1-14-5-6-16-17(12-14)30-21(23-16)24-20(29)15-4-2-10-27(13-15)18-7-8-19(26-25-18)28-11-3-9-22-28/h3,5-9,11-12,15H,2,4,10,13H2,1H3,(H,23,24,29)/t15-/m0/s1. The summed E-state index contributed by atoms with van der Waals surface area (Å²) in [7, 11) is 0. The first kappa shape index (κ1) is 18.7. The molecule has 1 fully saturated rings. The maximum Gasteiger partial charge on any atom is 0.231 e. The zero-order valence-corrected chi connectivity index (χ0v) is 17.3. The van der Waals surface area contributed by atoms with Crippen molar-refractivity contribution >= 4 is 38.4 Å². The number of thiazole rings is 1. The average molecular weight is 420 g/mol. The Balaban J connectivity index is 1.26. The van der Waals surface area contributed by atoms with Crippen LogP contribution in [-0.4, -0.2) is 44.0 Å². The Morgan fingerprint density at radius 1 is 1.20 bits per heavy atom. The summed E-state index contributed by atoms with van der Waals surface area (Å²) in [4.78, 5) is 19.5. The van der Waals surface area contributed by atoms with Gasteiger partial charge in [0.25, 0.3) is 0 Å². The smallest absolute Gasteiger partial charge is 0.231 e. The van der Waals surface area contributed by atoms with Gasteiger partial charge < -0.3 is 10.2 Å². The van der Waals surface area contributed by atoms with E-state index in [2.05, 4.69) is 43.5 Å². The van der Waals surface area contributed by atoms with Crippen LogP contribution in [0.3, 0.4) is 0 Å². The Morgan fingerprint density at radius 3 is 2.87 bits per heavy atom. The van der Waals surface area contributed by atoms with E-state index >= 15 is 0 Å². The SMILES string of the molecule is Cc1ccc2nc(NC(=O)[C@H]3CCCN(c4ccc(-n5cccn5)nn4)C3)sc2c1. The van der Waals surface area contributed by atoms with Gasteiger partial charge in [-0.3, -0.25) is 4.79 Å². The molecule has 1 aliphatic heterocycles. The summed E-state index contributed by atoms with van der Waals surface area (Å²) < 4.78 is 2.76. The monoisotopic (exact) mass is 419 g/mol. The van der Waals surface area contributed by atoms with Crippen molar-refractivity contribution in [1.29, 1.82) is 0 Å². The third-order valence-electron chi connectivity index (χ3n) is 5.27. The molecule has 4 heterocycles. The van der Waals surface area contributed by atoms with Crippen LogP contribution in [-0.2, 0) is 4.79 Å². The normalized spacial score (nSPS) is 16.7. The molecule has 0 radical (unpaired) electrons. The molecule has 1 saturated heterocycles. The minimum absolute atomic E-state index is 0.0107. The maximum absolute atomic E-state index is 12.9. The highest BCUT2D eigenvalue weighted by Crippen LogP contribution is 2.28. The summed E-state index contributed by atoms with van der Waals surface area (Å²) in [5, 5.41) is 16.4. The lowest BCUT2D eigenvalue weighted by Crippen LogP contribution is -2.41. The van der Waals surface area contributed by atoms with Crippen molar-refractivity contribution in [3.05, 3.63) is 54.4 Å². The van der Waals surface area contributed by atoms with Gasteiger partial charge in [-0.1, -0.05) is 17.4 Å². The number of rotatable bonds is 4. The fraction of sp³-hybridized carbons (Fsp3) is 0.286. The molecule has 0 bridgehead atoms. The van der Waals surface area contributed by atoms with Gasteiger partial charge in [-0.2, -0.15) is 5.10 Å². The molecule has 0 saturated carbocycles. The fourth-order valence-corrected chi connectivity index (χ4v) is 4.67. The number of amides is 1. The highest BCUT2D eigenvalue weighted by Gasteiger charge is 2.27. The van der Waals surface area contributed by atoms with Gasteiger partial charge in [0.15, 0.2) is 16.8 Å². The zero-order chi connectivity index (χ0) is 20.5. The first-order valence-electron chi connectivity index (χ1n) is 9.92. The summed E-state index contributed by atoms with van der Waals surface area (Å²) >= 11 is 1.51. The topological polar surface area (TPSA) is 88.8 Å². The molecule has 5 rings (SSSR count). The highest BCUT2D eigenvalue weighted by molar-refractivity contribution is 7.22.